The van der Waals surface area contributed by atoms with Gasteiger partial charge in [-0.05, 0) is 69.5 Å². The predicted molar refractivity (Wildman–Crippen MR) is 79.4 cm³/mol. The summed E-state index contributed by atoms with van der Waals surface area (Å²) in [5.41, 5.74) is 3.13. The number of rotatable bonds is 4. The topological polar surface area (TPSA) is 39.1 Å². The van der Waals surface area contributed by atoms with Crippen LogP contribution in [0.15, 0.2) is 18.2 Å². The van der Waals surface area contributed by atoms with Crippen LogP contribution in [-0.2, 0) is 0 Å². The number of hydrogen-bond donors (Lipinski definition) is 1. The molecule has 1 saturated heterocycles. The van der Waals surface area contributed by atoms with E-state index in [1.54, 1.807) is 0 Å². The molecule has 3 heteroatoms. The highest BCUT2D eigenvalue weighted by atomic mass is 15.1. The van der Waals surface area contributed by atoms with Gasteiger partial charge in [0, 0.05) is 18.8 Å². The molecule has 2 rings (SSSR count). The second-order valence-electron chi connectivity index (χ2n) is 5.43. The normalized spacial score (nSPS) is 16.4. The third-order valence-corrected chi connectivity index (χ3v) is 4.11. The maximum atomic E-state index is 8.97. The molecule has 102 valence electrons. The lowest BCUT2D eigenvalue weighted by atomic mass is 9.93. The van der Waals surface area contributed by atoms with Crippen LogP contribution in [0.1, 0.15) is 30.4 Å². The highest BCUT2D eigenvalue weighted by molar-refractivity contribution is 5.53. The van der Waals surface area contributed by atoms with E-state index in [1.165, 1.54) is 24.9 Å². The summed E-state index contributed by atoms with van der Waals surface area (Å²) in [4.78, 5) is 2.45. The molecule has 0 radical (unpaired) electrons. The van der Waals surface area contributed by atoms with Crippen molar-refractivity contribution in [3.8, 4) is 6.07 Å². The molecule has 0 bridgehead atoms. The number of anilines is 1. The summed E-state index contributed by atoms with van der Waals surface area (Å²) in [7, 11) is 2.02. The standard InChI is InChI=1S/C16H23N3/c1-13-11-16(4-3-15(13)12-17)19-9-6-14(7-10-19)5-8-18-2/h3-4,11,14,18H,5-10H2,1-2H3. The van der Waals surface area contributed by atoms with Crippen LogP contribution in [0.5, 0.6) is 0 Å². The summed E-state index contributed by atoms with van der Waals surface area (Å²) >= 11 is 0. The van der Waals surface area contributed by atoms with Gasteiger partial charge < -0.3 is 10.2 Å². The van der Waals surface area contributed by atoms with Gasteiger partial charge in [-0.1, -0.05) is 0 Å². The lowest BCUT2D eigenvalue weighted by Crippen LogP contribution is -2.34. The Labute approximate surface area is 116 Å². The van der Waals surface area contributed by atoms with Gasteiger partial charge in [0.05, 0.1) is 11.6 Å². The summed E-state index contributed by atoms with van der Waals surface area (Å²) in [6, 6.07) is 8.40. The largest absolute Gasteiger partial charge is 0.372 e. The van der Waals surface area contributed by atoms with Crippen molar-refractivity contribution >= 4 is 5.69 Å². The monoisotopic (exact) mass is 257 g/mol. The van der Waals surface area contributed by atoms with Crippen molar-refractivity contribution in [1.29, 1.82) is 5.26 Å². The molecule has 1 fully saturated rings. The molecule has 0 aliphatic carbocycles. The van der Waals surface area contributed by atoms with E-state index >= 15 is 0 Å². The SMILES string of the molecule is CNCCC1CCN(c2ccc(C#N)c(C)c2)CC1. The fraction of sp³-hybridized carbons (Fsp3) is 0.562. The van der Waals surface area contributed by atoms with Gasteiger partial charge in [0.25, 0.3) is 0 Å². The summed E-state index contributed by atoms with van der Waals surface area (Å²) in [6.07, 6.45) is 3.85. The minimum absolute atomic E-state index is 0.785. The van der Waals surface area contributed by atoms with Crippen molar-refractivity contribution in [3.05, 3.63) is 29.3 Å². The fourth-order valence-corrected chi connectivity index (χ4v) is 2.80. The van der Waals surface area contributed by atoms with Crippen LogP contribution < -0.4 is 10.2 Å². The first-order chi connectivity index (χ1) is 9.24. The quantitative estimate of drug-likeness (QED) is 0.901. The summed E-state index contributed by atoms with van der Waals surface area (Å²) < 4.78 is 0. The van der Waals surface area contributed by atoms with Gasteiger partial charge >= 0.3 is 0 Å². The third-order valence-electron chi connectivity index (χ3n) is 4.11. The molecule has 1 aliphatic rings. The van der Waals surface area contributed by atoms with E-state index in [4.69, 9.17) is 5.26 Å². The van der Waals surface area contributed by atoms with E-state index in [2.05, 4.69) is 28.4 Å². The van der Waals surface area contributed by atoms with Gasteiger partial charge in [-0.25, -0.2) is 0 Å². The molecule has 0 spiro atoms. The van der Waals surface area contributed by atoms with Gasteiger partial charge in [-0.3, -0.25) is 0 Å². The Bertz CT molecular complexity index is 454. The summed E-state index contributed by atoms with van der Waals surface area (Å²) in [5, 5.41) is 12.2. The molecule has 0 atom stereocenters. The molecule has 3 nitrogen and oxygen atoms in total. The maximum absolute atomic E-state index is 8.97. The van der Waals surface area contributed by atoms with Crippen LogP contribution >= 0.6 is 0 Å². The summed E-state index contributed by atoms with van der Waals surface area (Å²) in [5.74, 6) is 0.864. The molecule has 1 aliphatic heterocycles. The minimum Gasteiger partial charge on any atom is -0.372 e. The average molecular weight is 257 g/mol. The molecule has 19 heavy (non-hydrogen) atoms. The Hall–Kier alpha value is -1.53. The van der Waals surface area contributed by atoms with Crippen LogP contribution in [0.25, 0.3) is 0 Å². The van der Waals surface area contributed by atoms with Crippen LogP contribution in [0.3, 0.4) is 0 Å². The van der Waals surface area contributed by atoms with E-state index in [1.807, 2.05) is 20.0 Å². The van der Waals surface area contributed by atoms with Crippen LogP contribution in [-0.4, -0.2) is 26.7 Å². The van der Waals surface area contributed by atoms with Crippen LogP contribution in [0.2, 0.25) is 0 Å². The lowest BCUT2D eigenvalue weighted by Gasteiger charge is -2.34. The van der Waals surface area contributed by atoms with E-state index in [-0.39, 0.29) is 0 Å². The molecule has 0 amide bonds. The predicted octanol–water partition coefficient (Wildman–Crippen LogP) is 2.69. The Morgan fingerprint density at radius 3 is 2.68 bits per heavy atom. The molecular weight excluding hydrogens is 234 g/mol. The average Bonchev–Trinajstić information content (AvgIpc) is 2.45. The van der Waals surface area contributed by atoms with Crippen LogP contribution in [0.4, 0.5) is 5.69 Å². The van der Waals surface area contributed by atoms with Crippen molar-refractivity contribution < 1.29 is 0 Å². The second kappa shape index (κ2) is 6.58. The molecule has 0 saturated carbocycles. The number of nitriles is 1. The first kappa shape index (κ1) is 13.9. The van der Waals surface area contributed by atoms with Crippen molar-refractivity contribution in [1.82, 2.24) is 5.32 Å². The lowest BCUT2D eigenvalue weighted by molar-refractivity contribution is 0.378. The van der Waals surface area contributed by atoms with Crippen molar-refractivity contribution in [2.75, 3.05) is 31.6 Å². The first-order valence-corrected chi connectivity index (χ1v) is 7.15. The van der Waals surface area contributed by atoms with E-state index < -0.39 is 0 Å². The van der Waals surface area contributed by atoms with E-state index in [0.717, 1.165) is 36.7 Å². The number of hydrogen-bond acceptors (Lipinski definition) is 3. The molecule has 1 heterocycles. The molecule has 1 aromatic rings. The zero-order valence-electron chi connectivity index (χ0n) is 11.9. The molecular formula is C16H23N3. The van der Waals surface area contributed by atoms with Crippen LogP contribution in [0, 0.1) is 24.2 Å². The Balaban J connectivity index is 1.94. The Kier molecular flexibility index (Phi) is 4.81. The number of nitrogens with zero attached hydrogens (tertiary/aromatic N) is 2. The van der Waals surface area contributed by atoms with E-state index in [9.17, 15) is 0 Å². The fourth-order valence-electron chi connectivity index (χ4n) is 2.80. The Morgan fingerprint density at radius 1 is 1.37 bits per heavy atom. The molecule has 1 N–H and O–H groups in total. The first-order valence-electron chi connectivity index (χ1n) is 7.15. The highest BCUT2D eigenvalue weighted by Gasteiger charge is 2.19. The number of aryl methyl sites for hydroxylation is 1. The zero-order chi connectivity index (χ0) is 13.7. The van der Waals surface area contributed by atoms with Gasteiger partial charge in [0.2, 0.25) is 0 Å². The third kappa shape index (κ3) is 3.48. The van der Waals surface area contributed by atoms with E-state index in [0.29, 0.717) is 0 Å². The maximum Gasteiger partial charge on any atom is 0.0994 e. The van der Waals surface area contributed by atoms with Gasteiger partial charge in [-0.15, -0.1) is 0 Å². The van der Waals surface area contributed by atoms with Crippen molar-refractivity contribution in [2.24, 2.45) is 5.92 Å². The number of piperidine rings is 1. The molecule has 1 aromatic carbocycles. The highest BCUT2D eigenvalue weighted by Crippen LogP contribution is 2.26. The number of nitrogens with one attached hydrogen (secondary N) is 1. The van der Waals surface area contributed by atoms with Gasteiger partial charge in [0.15, 0.2) is 0 Å². The number of benzene rings is 1. The van der Waals surface area contributed by atoms with Gasteiger partial charge in [-0.2, -0.15) is 5.26 Å². The second-order valence-corrected chi connectivity index (χ2v) is 5.43. The minimum atomic E-state index is 0.785. The molecule has 0 aromatic heterocycles. The van der Waals surface area contributed by atoms with Gasteiger partial charge in [0.1, 0.15) is 0 Å². The smallest absolute Gasteiger partial charge is 0.0994 e. The Morgan fingerprint density at radius 2 is 2.11 bits per heavy atom. The van der Waals surface area contributed by atoms with Crippen molar-refractivity contribution in [2.45, 2.75) is 26.2 Å². The molecule has 0 unspecified atom stereocenters. The summed E-state index contributed by atoms with van der Waals surface area (Å²) in [6.45, 7) is 5.42. The zero-order valence-corrected chi connectivity index (χ0v) is 11.9. The van der Waals surface area contributed by atoms with Crippen molar-refractivity contribution in [3.63, 3.8) is 0 Å².